The molecule has 2 aromatic heterocycles. The number of likely N-dealkylation sites (N-methyl/N-ethyl adjacent to an activating group) is 1. The minimum absolute atomic E-state index is 0.00748. The third-order valence-corrected chi connectivity index (χ3v) is 7.44. The third kappa shape index (κ3) is 5.56. The van der Waals surface area contributed by atoms with E-state index in [4.69, 9.17) is 4.74 Å². The molecule has 0 fully saturated rings. The zero-order valence-electron chi connectivity index (χ0n) is 23.3. The highest BCUT2D eigenvalue weighted by Crippen LogP contribution is 2.36. The lowest BCUT2D eigenvalue weighted by Gasteiger charge is -2.35. The van der Waals surface area contributed by atoms with Crippen LogP contribution in [0, 0.1) is 25.2 Å². The first-order valence-electron chi connectivity index (χ1n) is 13.4. The van der Waals surface area contributed by atoms with Gasteiger partial charge in [-0.25, -0.2) is 0 Å². The summed E-state index contributed by atoms with van der Waals surface area (Å²) >= 11 is 0. The molecule has 0 bridgehead atoms. The van der Waals surface area contributed by atoms with Crippen LogP contribution >= 0.6 is 0 Å². The SMILES string of the molecule is CCOc1cc([C@@H](C)N2CCc3c(cc(CCN(C)CC)cc3-c3cc(C)cnc3C)C2=O)ncc1C#N. The minimum Gasteiger partial charge on any atom is -0.492 e. The second-order valence-corrected chi connectivity index (χ2v) is 10.0. The van der Waals surface area contributed by atoms with Crippen molar-refractivity contribution in [1.29, 1.82) is 5.26 Å². The molecule has 0 saturated heterocycles. The van der Waals surface area contributed by atoms with Crippen molar-refractivity contribution >= 4 is 5.91 Å². The van der Waals surface area contributed by atoms with Gasteiger partial charge in [-0.15, -0.1) is 0 Å². The lowest BCUT2D eigenvalue weighted by Crippen LogP contribution is -2.40. The maximum absolute atomic E-state index is 14.0. The number of hydrogen-bond acceptors (Lipinski definition) is 6. The fourth-order valence-corrected chi connectivity index (χ4v) is 5.02. The molecule has 0 N–H and O–H groups in total. The average molecular weight is 512 g/mol. The van der Waals surface area contributed by atoms with E-state index >= 15 is 0 Å². The number of carbonyl (C=O) groups excluding carboxylic acids is 1. The van der Waals surface area contributed by atoms with Crippen molar-refractivity contribution < 1.29 is 9.53 Å². The predicted octanol–water partition coefficient (Wildman–Crippen LogP) is 5.28. The summed E-state index contributed by atoms with van der Waals surface area (Å²) in [5.74, 6) is 0.511. The fraction of sp³-hybridized carbons (Fsp3) is 0.419. The number of pyridine rings is 2. The van der Waals surface area contributed by atoms with Crippen molar-refractivity contribution in [1.82, 2.24) is 19.8 Å². The van der Waals surface area contributed by atoms with E-state index in [-0.39, 0.29) is 11.9 Å². The number of fused-ring (bicyclic) bond motifs is 1. The number of hydrogen-bond donors (Lipinski definition) is 0. The Labute approximate surface area is 226 Å². The van der Waals surface area contributed by atoms with Crippen LogP contribution in [0.25, 0.3) is 11.1 Å². The van der Waals surface area contributed by atoms with Gasteiger partial charge in [0, 0.05) is 48.4 Å². The Morgan fingerprint density at radius 1 is 1.11 bits per heavy atom. The van der Waals surface area contributed by atoms with E-state index < -0.39 is 0 Å². The molecule has 38 heavy (non-hydrogen) atoms. The van der Waals surface area contributed by atoms with E-state index in [0.717, 1.165) is 65.0 Å². The molecule has 1 aromatic carbocycles. The van der Waals surface area contributed by atoms with Crippen LogP contribution in [-0.2, 0) is 12.8 Å². The largest absolute Gasteiger partial charge is 0.492 e. The normalized spacial score (nSPS) is 13.8. The van der Waals surface area contributed by atoms with Crippen LogP contribution in [0.2, 0.25) is 0 Å². The van der Waals surface area contributed by atoms with Gasteiger partial charge in [0.2, 0.25) is 0 Å². The van der Waals surface area contributed by atoms with Crippen LogP contribution in [0.3, 0.4) is 0 Å². The Morgan fingerprint density at radius 2 is 1.87 bits per heavy atom. The number of ether oxygens (including phenoxy) is 1. The molecule has 0 aliphatic carbocycles. The number of aryl methyl sites for hydroxylation is 2. The summed E-state index contributed by atoms with van der Waals surface area (Å²) < 4.78 is 5.67. The van der Waals surface area contributed by atoms with Crippen LogP contribution in [0.4, 0.5) is 0 Å². The van der Waals surface area contributed by atoms with E-state index in [1.54, 1.807) is 6.07 Å². The molecular formula is C31H37N5O2. The Balaban J connectivity index is 1.75. The van der Waals surface area contributed by atoms with E-state index in [9.17, 15) is 10.1 Å². The van der Waals surface area contributed by atoms with Gasteiger partial charge in [0.25, 0.3) is 5.91 Å². The van der Waals surface area contributed by atoms with Gasteiger partial charge >= 0.3 is 0 Å². The number of rotatable bonds is 9. The summed E-state index contributed by atoms with van der Waals surface area (Å²) in [6, 6.07) is 10.2. The number of benzene rings is 1. The maximum Gasteiger partial charge on any atom is 0.254 e. The van der Waals surface area contributed by atoms with Crippen LogP contribution in [-0.4, -0.2) is 59.0 Å². The monoisotopic (exact) mass is 511 g/mol. The maximum atomic E-state index is 14.0. The molecule has 1 aliphatic rings. The number of amides is 1. The van der Waals surface area contributed by atoms with Crippen LogP contribution in [0.5, 0.6) is 5.75 Å². The Bertz CT molecular complexity index is 1380. The van der Waals surface area contributed by atoms with E-state index in [1.165, 1.54) is 6.20 Å². The molecule has 7 nitrogen and oxygen atoms in total. The number of nitrogens with zero attached hydrogens (tertiary/aromatic N) is 5. The summed E-state index contributed by atoms with van der Waals surface area (Å²) in [4.78, 5) is 27.3. The lowest BCUT2D eigenvalue weighted by atomic mass is 9.86. The Kier molecular flexibility index (Phi) is 8.43. The summed E-state index contributed by atoms with van der Waals surface area (Å²) in [6.45, 7) is 13.0. The smallest absolute Gasteiger partial charge is 0.254 e. The molecule has 1 amide bonds. The minimum atomic E-state index is -0.261. The van der Waals surface area contributed by atoms with Gasteiger partial charge in [0.15, 0.2) is 0 Å². The van der Waals surface area contributed by atoms with Gasteiger partial charge in [-0.1, -0.05) is 13.0 Å². The van der Waals surface area contributed by atoms with Gasteiger partial charge in [0.05, 0.1) is 18.3 Å². The summed E-state index contributed by atoms with van der Waals surface area (Å²) in [5, 5.41) is 9.41. The molecule has 3 aromatic rings. The number of nitriles is 1. The highest BCUT2D eigenvalue weighted by Gasteiger charge is 2.32. The zero-order valence-corrected chi connectivity index (χ0v) is 23.3. The van der Waals surface area contributed by atoms with E-state index in [1.807, 2.05) is 31.9 Å². The molecular weight excluding hydrogens is 474 g/mol. The summed E-state index contributed by atoms with van der Waals surface area (Å²) in [6.07, 6.45) is 5.03. The van der Waals surface area contributed by atoms with Gasteiger partial charge < -0.3 is 14.5 Å². The van der Waals surface area contributed by atoms with Crippen molar-refractivity contribution in [2.75, 3.05) is 33.3 Å². The van der Waals surface area contributed by atoms with Crippen molar-refractivity contribution in [3.63, 3.8) is 0 Å². The number of aromatic nitrogens is 2. The third-order valence-electron chi connectivity index (χ3n) is 7.44. The molecule has 0 spiro atoms. The molecule has 198 valence electrons. The van der Waals surface area contributed by atoms with Crippen LogP contribution in [0.15, 0.2) is 36.7 Å². The summed E-state index contributed by atoms with van der Waals surface area (Å²) in [5.41, 5.74) is 8.38. The first-order chi connectivity index (χ1) is 18.3. The standard InChI is InChI=1S/C31H37N5O2/c1-7-35(6)11-9-23-14-27(26-13-20(3)18-33-21(26)4)25-10-12-36(31(37)28(25)15-23)22(5)29-16-30(38-8-2)24(17-32)19-34-29/h13-16,18-19,22H,7-12H2,1-6H3/t22-/m1/s1. The van der Waals surface area contributed by atoms with Crippen molar-refractivity contribution in [2.24, 2.45) is 0 Å². The molecule has 7 heteroatoms. The van der Waals surface area contributed by atoms with Crippen LogP contribution in [0.1, 0.15) is 70.8 Å². The quantitative estimate of drug-likeness (QED) is 0.389. The molecule has 1 atom stereocenters. The molecule has 0 unspecified atom stereocenters. The lowest BCUT2D eigenvalue weighted by molar-refractivity contribution is 0.0669. The molecule has 3 heterocycles. The first-order valence-corrected chi connectivity index (χ1v) is 13.4. The van der Waals surface area contributed by atoms with Gasteiger partial charge in [-0.05, 0) is 88.5 Å². The average Bonchev–Trinajstić information content (AvgIpc) is 2.92. The van der Waals surface area contributed by atoms with Gasteiger partial charge in [-0.3, -0.25) is 14.8 Å². The first kappa shape index (κ1) is 27.3. The Morgan fingerprint density at radius 3 is 2.58 bits per heavy atom. The van der Waals surface area contributed by atoms with Gasteiger partial charge in [0.1, 0.15) is 17.4 Å². The van der Waals surface area contributed by atoms with Crippen molar-refractivity contribution in [3.05, 3.63) is 75.9 Å². The molecule has 0 radical (unpaired) electrons. The van der Waals surface area contributed by atoms with Crippen molar-refractivity contribution in [3.8, 4) is 22.9 Å². The predicted molar refractivity (Wildman–Crippen MR) is 149 cm³/mol. The summed E-state index contributed by atoms with van der Waals surface area (Å²) in [7, 11) is 2.11. The molecule has 1 aliphatic heterocycles. The number of carbonyl (C=O) groups is 1. The van der Waals surface area contributed by atoms with Gasteiger partial charge in [-0.2, -0.15) is 5.26 Å². The Hall–Kier alpha value is -3.76. The zero-order chi connectivity index (χ0) is 27.4. The van der Waals surface area contributed by atoms with Crippen molar-refractivity contribution in [2.45, 2.75) is 53.5 Å². The topological polar surface area (TPSA) is 82.3 Å². The van der Waals surface area contributed by atoms with E-state index in [0.29, 0.717) is 30.2 Å². The molecule has 4 rings (SSSR count). The fourth-order valence-electron chi connectivity index (χ4n) is 5.02. The highest BCUT2D eigenvalue weighted by molar-refractivity contribution is 5.99. The second-order valence-electron chi connectivity index (χ2n) is 10.0. The second kappa shape index (κ2) is 11.7. The highest BCUT2D eigenvalue weighted by atomic mass is 16.5. The van der Waals surface area contributed by atoms with Crippen LogP contribution < -0.4 is 4.74 Å². The van der Waals surface area contributed by atoms with E-state index in [2.05, 4.69) is 60.0 Å². The molecule has 0 saturated carbocycles.